The number of H-pyrrole nitrogens is 1. The fraction of sp³-hybridized carbons (Fsp3) is 0.667. The van der Waals surface area contributed by atoms with Crippen LogP contribution in [0.3, 0.4) is 0 Å². The van der Waals surface area contributed by atoms with Crippen LogP contribution in [0.5, 0.6) is 0 Å². The van der Waals surface area contributed by atoms with Crippen molar-refractivity contribution in [1.82, 2.24) is 15.5 Å². The molecule has 1 aliphatic heterocycles. The van der Waals surface area contributed by atoms with Gasteiger partial charge in [0.2, 0.25) is 10.0 Å². The molecule has 0 aromatic carbocycles. The van der Waals surface area contributed by atoms with Crippen LogP contribution in [0.4, 0.5) is 5.69 Å². The van der Waals surface area contributed by atoms with Crippen LogP contribution >= 0.6 is 0 Å². The third-order valence-corrected chi connectivity index (χ3v) is 3.99. The van der Waals surface area contributed by atoms with E-state index in [0.29, 0.717) is 5.69 Å². The first-order chi connectivity index (χ1) is 7.66. The highest BCUT2D eigenvalue weighted by Gasteiger charge is 2.20. The first kappa shape index (κ1) is 11.4. The summed E-state index contributed by atoms with van der Waals surface area (Å²) in [6.45, 7) is 0.909. The molecule has 2 heterocycles. The summed E-state index contributed by atoms with van der Waals surface area (Å²) in [5, 5.41) is 9.46. The van der Waals surface area contributed by atoms with Gasteiger partial charge in [-0.15, -0.1) is 0 Å². The van der Waals surface area contributed by atoms with Crippen molar-refractivity contribution in [3.63, 3.8) is 0 Å². The van der Waals surface area contributed by atoms with E-state index in [9.17, 15) is 8.42 Å². The van der Waals surface area contributed by atoms with Crippen molar-refractivity contribution < 1.29 is 8.42 Å². The van der Waals surface area contributed by atoms with E-state index in [1.54, 1.807) is 0 Å². The second-order valence-corrected chi connectivity index (χ2v) is 5.78. The quantitative estimate of drug-likeness (QED) is 0.710. The number of hydrogen-bond acceptors (Lipinski definition) is 4. The van der Waals surface area contributed by atoms with E-state index >= 15 is 0 Å². The molecule has 0 spiro atoms. The minimum absolute atomic E-state index is 0.0677. The molecule has 1 atom stereocenters. The minimum atomic E-state index is -3.28. The minimum Gasteiger partial charge on any atom is -0.313 e. The summed E-state index contributed by atoms with van der Waals surface area (Å²) in [6.07, 6.45) is 6.12. The summed E-state index contributed by atoms with van der Waals surface area (Å²) in [5.74, 6) is 0.123. The Morgan fingerprint density at radius 2 is 2.38 bits per heavy atom. The lowest BCUT2D eigenvalue weighted by Gasteiger charge is -2.23. The van der Waals surface area contributed by atoms with E-state index in [1.807, 2.05) is 0 Å². The molecule has 0 saturated carbocycles. The molecule has 16 heavy (non-hydrogen) atoms. The van der Waals surface area contributed by atoms with Crippen LogP contribution in [0.2, 0.25) is 0 Å². The van der Waals surface area contributed by atoms with Gasteiger partial charge in [-0.2, -0.15) is 5.10 Å². The number of aromatic nitrogens is 2. The maximum Gasteiger partial charge on any atom is 0.234 e. The maximum absolute atomic E-state index is 11.8. The number of nitrogens with one attached hydrogen (secondary N) is 3. The fourth-order valence-corrected chi connectivity index (χ4v) is 3.23. The number of piperidine rings is 1. The Bertz CT molecular complexity index is 409. The van der Waals surface area contributed by atoms with Crippen molar-refractivity contribution in [3.8, 4) is 0 Å². The van der Waals surface area contributed by atoms with Gasteiger partial charge in [-0.05, 0) is 19.4 Å². The summed E-state index contributed by atoms with van der Waals surface area (Å²) in [5.41, 5.74) is 0.482. The lowest BCUT2D eigenvalue weighted by Crippen LogP contribution is -2.40. The number of sulfonamides is 1. The zero-order valence-corrected chi connectivity index (χ0v) is 9.76. The van der Waals surface area contributed by atoms with Crippen LogP contribution in [-0.4, -0.2) is 37.0 Å². The first-order valence-corrected chi connectivity index (χ1v) is 7.03. The largest absolute Gasteiger partial charge is 0.313 e. The van der Waals surface area contributed by atoms with Crippen molar-refractivity contribution in [3.05, 3.63) is 12.4 Å². The van der Waals surface area contributed by atoms with Crippen molar-refractivity contribution in [2.45, 2.75) is 25.3 Å². The van der Waals surface area contributed by atoms with Gasteiger partial charge in [-0.25, -0.2) is 8.42 Å². The molecule has 0 bridgehead atoms. The summed E-state index contributed by atoms with van der Waals surface area (Å²) in [6, 6.07) is 0.0677. The molecule has 0 aliphatic carbocycles. The number of nitrogens with zero attached hydrogens (tertiary/aromatic N) is 1. The Kier molecular flexibility index (Phi) is 3.45. The lowest BCUT2D eigenvalue weighted by atomic mass is 10.1. The van der Waals surface area contributed by atoms with Gasteiger partial charge in [0.15, 0.2) is 0 Å². The second kappa shape index (κ2) is 4.84. The molecule has 1 fully saturated rings. The Labute approximate surface area is 94.9 Å². The van der Waals surface area contributed by atoms with Gasteiger partial charge in [-0.3, -0.25) is 9.82 Å². The molecule has 1 unspecified atom stereocenters. The van der Waals surface area contributed by atoms with Gasteiger partial charge in [-0.1, -0.05) is 6.42 Å². The molecule has 2 rings (SSSR count). The predicted octanol–water partition coefficient (Wildman–Crippen LogP) is 0.293. The average molecular weight is 244 g/mol. The monoisotopic (exact) mass is 244 g/mol. The van der Waals surface area contributed by atoms with Crippen LogP contribution in [0.15, 0.2) is 12.4 Å². The standard InChI is InChI=1S/C9H16N4O2S/c14-16(15,13-9-5-11-12-6-9)7-8-3-1-2-4-10-8/h5-6,8,10,13H,1-4,7H2,(H,11,12). The molecule has 6 nitrogen and oxygen atoms in total. The smallest absolute Gasteiger partial charge is 0.234 e. The normalized spacial score (nSPS) is 21.9. The van der Waals surface area contributed by atoms with Crippen LogP contribution < -0.4 is 10.0 Å². The van der Waals surface area contributed by atoms with Crippen LogP contribution in [-0.2, 0) is 10.0 Å². The van der Waals surface area contributed by atoms with E-state index in [4.69, 9.17) is 0 Å². The Morgan fingerprint density at radius 1 is 1.50 bits per heavy atom. The lowest BCUT2D eigenvalue weighted by molar-refractivity contribution is 0.424. The Morgan fingerprint density at radius 3 is 3.00 bits per heavy atom. The molecular weight excluding hydrogens is 228 g/mol. The van der Waals surface area contributed by atoms with E-state index in [-0.39, 0.29) is 11.8 Å². The van der Waals surface area contributed by atoms with E-state index in [0.717, 1.165) is 25.8 Å². The fourth-order valence-electron chi connectivity index (χ4n) is 1.86. The highest BCUT2D eigenvalue weighted by molar-refractivity contribution is 7.92. The molecule has 7 heteroatoms. The third kappa shape index (κ3) is 3.21. The number of anilines is 1. The molecule has 1 aliphatic rings. The van der Waals surface area contributed by atoms with E-state index < -0.39 is 10.0 Å². The topological polar surface area (TPSA) is 86.9 Å². The second-order valence-electron chi connectivity index (χ2n) is 4.02. The van der Waals surface area contributed by atoms with Gasteiger partial charge >= 0.3 is 0 Å². The van der Waals surface area contributed by atoms with Gasteiger partial charge in [0, 0.05) is 12.2 Å². The highest BCUT2D eigenvalue weighted by Crippen LogP contribution is 2.11. The Balaban J connectivity index is 1.92. The van der Waals surface area contributed by atoms with Crippen LogP contribution in [0, 0.1) is 0 Å². The van der Waals surface area contributed by atoms with Gasteiger partial charge in [0.25, 0.3) is 0 Å². The average Bonchev–Trinajstić information content (AvgIpc) is 2.70. The highest BCUT2D eigenvalue weighted by atomic mass is 32.2. The van der Waals surface area contributed by atoms with Crippen molar-refractivity contribution >= 4 is 15.7 Å². The molecule has 0 radical (unpaired) electrons. The SMILES string of the molecule is O=S(=O)(CC1CCCCN1)Nc1cn[nH]c1. The Hall–Kier alpha value is -1.08. The molecular formula is C9H16N4O2S. The van der Waals surface area contributed by atoms with Crippen molar-refractivity contribution in [2.24, 2.45) is 0 Å². The number of hydrogen-bond donors (Lipinski definition) is 3. The van der Waals surface area contributed by atoms with Crippen molar-refractivity contribution in [1.29, 1.82) is 0 Å². The summed E-state index contributed by atoms with van der Waals surface area (Å²) in [4.78, 5) is 0. The van der Waals surface area contributed by atoms with E-state index in [2.05, 4.69) is 20.2 Å². The molecule has 1 aromatic heterocycles. The molecule has 1 saturated heterocycles. The zero-order chi connectivity index (χ0) is 11.4. The van der Waals surface area contributed by atoms with Crippen LogP contribution in [0.25, 0.3) is 0 Å². The van der Waals surface area contributed by atoms with Crippen LogP contribution in [0.1, 0.15) is 19.3 Å². The number of aromatic amines is 1. The summed E-state index contributed by atoms with van der Waals surface area (Å²) in [7, 11) is -3.28. The zero-order valence-electron chi connectivity index (χ0n) is 8.94. The van der Waals surface area contributed by atoms with Gasteiger partial charge in [0.1, 0.15) is 0 Å². The maximum atomic E-state index is 11.8. The molecule has 1 aromatic rings. The van der Waals surface area contributed by atoms with E-state index in [1.165, 1.54) is 12.4 Å². The number of rotatable bonds is 4. The first-order valence-electron chi connectivity index (χ1n) is 5.38. The molecule has 3 N–H and O–H groups in total. The summed E-state index contributed by atoms with van der Waals surface area (Å²) >= 11 is 0. The predicted molar refractivity (Wildman–Crippen MR) is 61.6 cm³/mol. The molecule has 90 valence electrons. The third-order valence-electron chi connectivity index (χ3n) is 2.60. The summed E-state index contributed by atoms with van der Waals surface area (Å²) < 4.78 is 26.0. The van der Waals surface area contributed by atoms with Gasteiger partial charge in [0.05, 0.1) is 17.6 Å². The van der Waals surface area contributed by atoms with Gasteiger partial charge < -0.3 is 5.32 Å². The molecule has 0 amide bonds. The van der Waals surface area contributed by atoms with Crippen molar-refractivity contribution in [2.75, 3.05) is 17.0 Å².